The number of anilines is 1. The molecule has 0 heterocycles. The van der Waals surface area contributed by atoms with Gasteiger partial charge in [0.05, 0.1) is 10.6 Å². The fraction of sp³-hybridized carbons (Fsp3) is 0.647. The summed E-state index contributed by atoms with van der Waals surface area (Å²) >= 11 is 1.08. The molecular formula is C17H27F2N3O2S2. The van der Waals surface area contributed by atoms with Crippen molar-refractivity contribution in [2.45, 2.75) is 67.7 Å². The molecule has 9 heteroatoms. The van der Waals surface area contributed by atoms with Crippen molar-refractivity contribution in [1.29, 1.82) is 0 Å². The molecule has 0 bridgehead atoms. The van der Waals surface area contributed by atoms with Gasteiger partial charge < -0.3 is 11.1 Å². The smallest absolute Gasteiger partial charge is 0.243 e. The molecule has 1 fully saturated rings. The molecule has 5 nitrogen and oxygen atoms in total. The van der Waals surface area contributed by atoms with E-state index in [4.69, 9.17) is 10.9 Å². The van der Waals surface area contributed by atoms with Gasteiger partial charge >= 0.3 is 0 Å². The molecular weight excluding hydrogens is 380 g/mol. The molecule has 0 atom stereocenters. The maximum atomic E-state index is 15.2. The van der Waals surface area contributed by atoms with E-state index in [1.807, 2.05) is 0 Å². The maximum Gasteiger partial charge on any atom is 0.243 e. The highest BCUT2D eigenvalue weighted by molar-refractivity contribution is 7.99. The summed E-state index contributed by atoms with van der Waals surface area (Å²) in [5.41, 5.74) is 5.06. The van der Waals surface area contributed by atoms with Gasteiger partial charge in [-0.05, 0) is 19.8 Å². The Morgan fingerprint density at radius 3 is 2.23 bits per heavy atom. The highest BCUT2D eigenvalue weighted by atomic mass is 32.2. The lowest BCUT2D eigenvalue weighted by molar-refractivity contribution is 0.466. The lowest BCUT2D eigenvalue weighted by atomic mass is 9.96. The molecule has 1 saturated carbocycles. The quantitative estimate of drug-likeness (QED) is 0.627. The Balaban J connectivity index is 2.51. The van der Waals surface area contributed by atoms with E-state index in [0.29, 0.717) is 12.3 Å². The van der Waals surface area contributed by atoms with Crippen LogP contribution in [0.1, 0.15) is 50.5 Å². The second-order valence-corrected chi connectivity index (χ2v) is 9.26. The predicted molar refractivity (Wildman–Crippen MR) is 102 cm³/mol. The van der Waals surface area contributed by atoms with E-state index in [1.165, 1.54) is 13.3 Å². The number of nitrogens with one attached hydrogen (secondary N) is 1. The number of thioether (sulfide) groups is 1. The number of halogens is 2. The number of benzene rings is 1. The summed E-state index contributed by atoms with van der Waals surface area (Å²) in [5.74, 6) is -1.37. The fourth-order valence-corrected chi connectivity index (χ4v) is 4.98. The van der Waals surface area contributed by atoms with Crippen LogP contribution in [-0.4, -0.2) is 26.8 Å². The summed E-state index contributed by atoms with van der Waals surface area (Å²) in [7, 11) is -4.42. The number of primary sulfonamides is 1. The Kier molecular flexibility index (Phi) is 7.69. The number of hydrogen-bond acceptors (Lipinski definition) is 5. The van der Waals surface area contributed by atoms with Gasteiger partial charge in [-0.3, -0.25) is 0 Å². The third-order valence-corrected chi connectivity index (χ3v) is 6.78. The number of rotatable bonds is 6. The second-order valence-electron chi connectivity index (χ2n) is 6.65. The zero-order chi connectivity index (χ0) is 19.3. The molecule has 2 rings (SSSR count). The molecule has 26 heavy (non-hydrogen) atoms. The average molecular weight is 408 g/mol. The number of nitrogens with two attached hydrogens (primary N) is 2. The van der Waals surface area contributed by atoms with Crippen molar-refractivity contribution >= 4 is 27.5 Å². The molecule has 0 aliphatic heterocycles. The van der Waals surface area contributed by atoms with Crippen LogP contribution in [0.3, 0.4) is 0 Å². The van der Waals surface area contributed by atoms with Crippen molar-refractivity contribution in [2.75, 3.05) is 17.6 Å². The highest BCUT2D eigenvalue weighted by Gasteiger charge is 2.30. The number of hydrogen-bond donors (Lipinski definition) is 3. The Morgan fingerprint density at radius 2 is 1.69 bits per heavy atom. The minimum atomic E-state index is -4.42. The van der Waals surface area contributed by atoms with Gasteiger partial charge in [0.1, 0.15) is 10.7 Å². The molecule has 0 radical (unpaired) electrons. The van der Waals surface area contributed by atoms with E-state index in [9.17, 15) is 12.8 Å². The van der Waals surface area contributed by atoms with E-state index in [-0.39, 0.29) is 22.2 Å². The maximum absolute atomic E-state index is 15.2. The molecule has 1 aromatic carbocycles. The Hall–Kier alpha value is -0.900. The van der Waals surface area contributed by atoms with Crippen molar-refractivity contribution in [1.82, 2.24) is 0 Å². The van der Waals surface area contributed by atoms with Crippen molar-refractivity contribution < 1.29 is 17.2 Å². The van der Waals surface area contributed by atoms with Crippen LogP contribution in [0.4, 0.5) is 14.5 Å². The first-order valence-corrected chi connectivity index (χ1v) is 11.4. The minimum Gasteiger partial charge on any atom is -0.379 e. The standard InChI is InChI=1S/C17H27F2N3O2S2/c1-11-13(18)17(26(21,23)24)15(14(19)16(11)25-10-9-20)22-12-7-5-3-2-4-6-8-12/h12,22H,2-10,20H2,1H3,(H2,21,23,24). The molecule has 1 aromatic rings. The molecule has 1 aliphatic carbocycles. The minimum absolute atomic E-state index is 0.0619. The van der Waals surface area contributed by atoms with Gasteiger partial charge in [-0.25, -0.2) is 22.3 Å². The molecule has 0 aromatic heterocycles. The van der Waals surface area contributed by atoms with Crippen LogP contribution in [0.5, 0.6) is 0 Å². The van der Waals surface area contributed by atoms with Gasteiger partial charge in [-0.2, -0.15) is 0 Å². The van der Waals surface area contributed by atoms with Gasteiger partial charge in [-0.1, -0.05) is 32.1 Å². The van der Waals surface area contributed by atoms with E-state index >= 15 is 4.39 Å². The van der Waals surface area contributed by atoms with Crippen LogP contribution >= 0.6 is 11.8 Å². The Bertz CT molecular complexity index is 734. The summed E-state index contributed by atoms with van der Waals surface area (Å²) in [4.78, 5) is -0.708. The lowest BCUT2D eigenvalue weighted by Crippen LogP contribution is -2.26. The Morgan fingerprint density at radius 1 is 1.12 bits per heavy atom. The van der Waals surface area contributed by atoms with Crippen LogP contribution in [0.15, 0.2) is 9.79 Å². The largest absolute Gasteiger partial charge is 0.379 e. The summed E-state index contributed by atoms with van der Waals surface area (Å²) in [6, 6.07) is -0.111. The van der Waals surface area contributed by atoms with Crippen LogP contribution in [0.2, 0.25) is 0 Å². The van der Waals surface area contributed by atoms with Crippen LogP contribution in [0, 0.1) is 18.6 Å². The Labute approximate surface area is 158 Å². The predicted octanol–water partition coefficient (Wildman–Crippen LogP) is 3.50. The van der Waals surface area contributed by atoms with Crippen molar-refractivity contribution in [2.24, 2.45) is 10.9 Å². The third kappa shape index (κ3) is 5.09. The zero-order valence-corrected chi connectivity index (χ0v) is 16.6. The van der Waals surface area contributed by atoms with Gasteiger partial charge in [-0.15, -0.1) is 11.8 Å². The molecule has 1 aliphatic rings. The van der Waals surface area contributed by atoms with Crippen molar-refractivity contribution in [3.8, 4) is 0 Å². The molecule has 148 valence electrons. The number of sulfonamides is 1. The van der Waals surface area contributed by atoms with Crippen LogP contribution < -0.4 is 16.2 Å². The van der Waals surface area contributed by atoms with Gasteiger partial charge in [0.25, 0.3) is 0 Å². The first-order chi connectivity index (χ1) is 12.3. The lowest BCUT2D eigenvalue weighted by Gasteiger charge is -2.25. The second kappa shape index (κ2) is 9.34. The SMILES string of the molecule is Cc1c(F)c(S(N)(=O)=O)c(NC2CCCCCCC2)c(F)c1SCCN. The first kappa shape index (κ1) is 21.4. The molecule has 0 saturated heterocycles. The average Bonchev–Trinajstić information content (AvgIpc) is 2.53. The highest BCUT2D eigenvalue weighted by Crippen LogP contribution is 2.38. The van der Waals surface area contributed by atoms with Crippen molar-refractivity contribution in [3.63, 3.8) is 0 Å². The molecule has 0 spiro atoms. The van der Waals surface area contributed by atoms with Crippen LogP contribution in [0.25, 0.3) is 0 Å². The monoisotopic (exact) mass is 407 g/mol. The molecule has 0 amide bonds. The summed E-state index contributed by atoms with van der Waals surface area (Å²) in [5, 5.41) is 8.16. The third-order valence-electron chi connectivity index (χ3n) is 4.62. The van der Waals surface area contributed by atoms with E-state index in [1.54, 1.807) is 0 Å². The van der Waals surface area contributed by atoms with Crippen molar-refractivity contribution in [3.05, 3.63) is 17.2 Å². The summed E-state index contributed by atoms with van der Waals surface area (Å²) in [6.07, 6.45) is 6.84. The fourth-order valence-electron chi connectivity index (χ4n) is 3.29. The van der Waals surface area contributed by atoms with E-state index in [2.05, 4.69) is 5.32 Å². The molecule has 0 unspecified atom stereocenters. The van der Waals surface area contributed by atoms with Gasteiger partial charge in [0, 0.05) is 23.9 Å². The van der Waals surface area contributed by atoms with Gasteiger partial charge in [0.2, 0.25) is 10.0 Å². The van der Waals surface area contributed by atoms with Gasteiger partial charge in [0.15, 0.2) is 5.82 Å². The summed E-state index contributed by atoms with van der Waals surface area (Å²) in [6.45, 7) is 1.65. The van der Waals surface area contributed by atoms with Crippen LogP contribution in [-0.2, 0) is 10.0 Å². The van der Waals surface area contributed by atoms with E-state index < -0.39 is 26.6 Å². The zero-order valence-electron chi connectivity index (χ0n) is 15.0. The summed E-state index contributed by atoms with van der Waals surface area (Å²) < 4.78 is 53.9. The first-order valence-electron chi connectivity index (χ1n) is 8.91. The van der Waals surface area contributed by atoms with E-state index in [0.717, 1.165) is 50.3 Å². The molecule has 5 N–H and O–H groups in total. The normalized spacial score (nSPS) is 17.0. The topological polar surface area (TPSA) is 98.2 Å².